The van der Waals surface area contributed by atoms with E-state index in [9.17, 15) is 4.79 Å². The molecule has 0 amide bonds. The lowest BCUT2D eigenvalue weighted by molar-refractivity contribution is -0.124. The van der Waals surface area contributed by atoms with Gasteiger partial charge in [0.25, 0.3) is 0 Å². The first-order valence-corrected chi connectivity index (χ1v) is 7.46. The van der Waals surface area contributed by atoms with Crippen LogP contribution in [0.1, 0.15) is 6.42 Å². The number of rotatable bonds is 5. The van der Waals surface area contributed by atoms with Crippen molar-refractivity contribution in [2.45, 2.75) is 6.42 Å². The van der Waals surface area contributed by atoms with E-state index in [0.29, 0.717) is 24.7 Å². The highest BCUT2D eigenvalue weighted by atomic mass is 79.9. The number of ketones is 1. The minimum Gasteiger partial charge on any atom is -0.496 e. The number of benzene rings is 1. The predicted molar refractivity (Wildman–Crippen MR) is 77.8 cm³/mol. The molecule has 1 aromatic carbocycles. The van der Waals surface area contributed by atoms with Crippen LogP contribution in [0.5, 0.6) is 11.5 Å². The number of hydrogen-bond acceptors (Lipinski definition) is 4. The van der Waals surface area contributed by atoms with Crippen LogP contribution in [0.4, 0.5) is 0 Å². The van der Waals surface area contributed by atoms with E-state index in [1.165, 1.54) is 0 Å². The van der Waals surface area contributed by atoms with Crippen molar-refractivity contribution in [1.29, 1.82) is 0 Å². The van der Waals surface area contributed by atoms with Gasteiger partial charge in [-0.05, 0) is 50.4 Å². The second-order valence-electron chi connectivity index (χ2n) is 4.23. The summed E-state index contributed by atoms with van der Waals surface area (Å²) in [7, 11) is 1.59. The molecule has 0 aliphatic carbocycles. The van der Waals surface area contributed by atoms with Gasteiger partial charge in [-0.2, -0.15) is 0 Å². The van der Waals surface area contributed by atoms with Gasteiger partial charge in [-0.3, -0.25) is 4.79 Å². The number of carbonyl (C=O) groups excluding carboxylic acids is 1. The molecule has 1 saturated heterocycles. The summed E-state index contributed by atoms with van der Waals surface area (Å²) in [5, 5.41) is 0. The molecule has 4 nitrogen and oxygen atoms in total. The average Bonchev–Trinajstić information content (AvgIpc) is 2.93. The summed E-state index contributed by atoms with van der Waals surface area (Å²) < 4.78 is 17.5. The Bertz CT molecular complexity index is 470. The van der Waals surface area contributed by atoms with E-state index in [4.69, 9.17) is 14.2 Å². The van der Waals surface area contributed by atoms with Crippen molar-refractivity contribution >= 4 is 37.6 Å². The molecule has 1 aliphatic heterocycles. The van der Waals surface area contributed by atoms with Crippen LogP contribution < -0.4 is 9.47 Å². The topological polar surface area (TPSA) is 44.8 Å². The lowest BCUT2D eigenvalue weighted by atomic mass is 10.0. The van der Waals surface area contributed by atoms with E-state index in [1.54, 1.807) is 19.2 Å². The highest BCUT2D eigenvalue weighted by molar-refractivity contribution is 9.11. The first-order valence-electron chi connectivity index (χ1n) is 5.88. The highest BCUT2D eigenvalue weighted by Crippen LogP contribution is 2.36. The minimum absolute atomic E-state index is 0.0273. The molecule has 0 spiro atoms. The van der Waals surface area contributed by atoms with Gasteiger partial charge in [-0.25, -0.2) is 0 Å². The molecule has 2 rings (SSSR count). The summed E-state index contributed by atoms with van der Waals surface area (Å²) in [5.41, 5.74) is 0. The highest BCUT2D eigenvalue weighted by Gasteiger charge is 2.24. The molecule has 1 aromatic rings. The van der Waals surface area contributed by atoms with Gasteiger partial charge in [-0.15, -0.1) is 0 Å². The van der Waals surface area contributed by atoms with Gasteiger partial charge in [0.1, 0.15) is 18.1 Å². The molecule has 0 radical (unpaired) electrons. The summed E-state index contributed by atoms with van der Waals surface area (Å²) >= 11 is 6.78. The van der Waals surface area contributed by atoms with E-state index in [1.807, 2.05) is 0 Å². The number of carbonyl (C=O) groups is 1. The SMILES string of the molecule is COc1cc(Br)c(OCC(=O)C2CCOC2)cc1Br. The van der Waals surface area contributed by atoms with Crippen LogP contribution in [0.25, 0.3) is 0 Å². The maximum absolute atomic E-state index is 11.9. The fourth-order valence-electron chi connectivity index (χ4n) is 1.83. The van der Waals surface area contributed by atoms with Gasteiger partial charge < -0.3 is 14.2 Å². The number of hydrogen-bond donors (Lipinski definition) is 0. The quantitative estimate of drug-likeness (QED) is 0.770. The summed E-state index contributed by atoms with van der Waals surface area (Å²) in [6.07, 6.45) is 0.787. The van der Waals surface area contributed by atoms with Gasteiger partial charge in [0, 0.05) is 12.5 Å². The summed E-state index contributed by atoms with van der Waals surface area (Å²) in [6, 6.07) is 3.57. The Balaban J connectivity index is 1.99. The Morgan fingerprint density at radius 3 is 2.68 bits per heavy atom. The second kappa shape index (κ2) is 6.72. The van der Waals surface area contributed by atoms with E-state index in [-0.39, 0.29) is 18.3 Å². The van der Waals surface area contributed by atoms with E-state index >= 15 is 0 Å². The van der Waals surface area contributed by atoms with Crippen LogP contribution in [0.15, 0.2) is 21.1 Å². The zero-order chi connectivity index (χ0) is 13.8. The molecule has 1 atom stereocenters. The van der Waals surface area contributed by atoms with E-state index in [2.05, 4.69) is 31.9 Å². The fraction of sp³-hybridized carbons (Fsp3) is 0.462. The molecule has 1 fully saturated rings. The summed E-state index contributed by atoms with van der Waals surface area (Å²) in [4.78, 5) is 11.9. The Morgan fingerprint density at radius 1 is 1.37 bits per heavy atom. The zero-order valence-corrected chi connectivity index (χ0v) is 13.6. The van der Waals surface area contributed by atoms with Crippen LogP contribution >= 0.6 is 31.9 Å². The standard InChI is InChI=1S/C13H14Br2O4/c1-17-12-4-10(15)13(5-9(12)14)19-7-11(16)8-2-3-18-6-8/h4-5,8H,2-3,6-7H2,1H3. The molecule has 104 valence electrons. The first-order chi connectivity index (χ1) is 9.11. The van der Waals surface area contributed by atoms with Gasteiger partial charge in [0.15, 0.2) is 5.78 Å². The Hall–Kier alpha value is -0.590. The van der Waals surface area contributed by atoms with Crippen LogP contribution in [-0.4, -0.2) is 32.7 Å². The van der Waals surface area contributed by atoms with Crippen molar-refractivity contribution in [2.75, 3.05) is 26.9 Å². The van der Waals surface area contributed by atoms with Crippen LogP contribution in [0.3, 0.4) is 0 Å². The molecule has 0 bridgehead atoms. The first kappa shape index (κ1) is 14.8. The Morgan fingerprint density at radius 2 is 2.05 bits per heavy atom. The molecule has 1 aliphatic rings. The molecule has 1 heterocycles. The van der Waals surface area contributed by atoms with Gasteiger partial charge in [0.2, 0.25) is 0 Å². The fourth-order valence-corrected chi connectivity index (χ4v) is 2.75. The van der Waals surface area contributed by atoms with Crippen LogP contribution in [0.2, 0.25) is 0 Å². The normalized spacial score (nSPS) is 18.4. The minimum atomic E-state index is -0.0273. The number of methoxy groups -OCH3 is 1. The molecule has 0 N–H and O–H groups in total. The van der Waals surface area contributed by atoms with E-state index < -0.39 is 0 Å². The third-order valence-electron chi connectivity index (χ3n) is 2.96. The monoisotopic (exact) mass is 392 g/mol. The molecular formula is C13H14Br2O4. The third-order valence-corrected chi connectivity index (χ3v) is 4.20. The van der Waals surface area contributed by atoms with Crippen molar-refractivity contribution < 1.29 is 19.0 Å². The second-order valence-corrected chi connectivity index (χ2v) is 5.94. The van der Waals surface area contributed by atoms with Crippen molar-refractivity contribution in [2.24, 2.45) is 5.92 Å². The van der Waals surface area contributed by atoms with Crippen molar-refractivity contribution in [3.63, 3.8) is 0 Å². The van der Waals surface area contributed by atoms with Gasteiger partial charge >= 0.3 is 0 Å². The lowest BCUT2D eigenvalue weighted by Gasteiger charge is -2.12. The Kier molecular flexibility index (Phi) is 5.24. The number of halogens is 2. The van der Waals surface area contributed by atoms with Crippen molar-refractivity contribution in [3.8, 4) is 11.5 Å². The molecular weight excluding hydrogens is 380 g/mol. The largest absolute Gasteiger partial charge is 0.496 e. The Labute approximate surface area is 128 Å². The summed E-state index contributed by atoms with van der Waals surface area (Å²) in [5.74, 6) is 1.37. The lowest BCUT2D eigenvalue weighted by Crippen LogP contribution is -2.21. The summed E-state index contributed by atoms with van der Waals surface area (Å²) in [6.45, 7) is 1.23. The molecule has 1 unspecified atom stereocenters. The number of ether oxygens (including phenoxy) is 3. The molecule has 19 heavy (non-hydrogen) atoms. The smallest absolute Gasteiger partial charge is 0.175 e. The molecule has 6 heteroatoms. The van der Waals surface area contributed by atoms with Crippen molar-refractivity contribution in [3.05, 3.63) is 21.1 Å². The third kappa shape index (κ3) is 3.70. The predicted octanol–water partition coefficient (Wildman–Crippen LogP) is 3.20. The average molecular weight is 394 g/mol. The molecule has 0 saturated carbocycles. The number of Topliss-reactive ketones (excluding diaryl/α,β-unsaturated/α-hetero) is 1. The van der Waals surface area contributed by atoms with E-state index in [0.717, 1.165) is 15.4 Å². The van der Waals surface area contributed by atoms with Gasteiger partial charge in [0.05, 0.1) is 22.7 Å². The van der Waals surface area contributed by atoms with Crippen LogP contribution in [-0.2, 0) is 9.53 Å². The van der Waals surface area contributed by atoms with Crippen LogP contribution in [0, 0.1) is 5.92 Å². The van der Waals surface area contributed by atoms with Gasteiger partial charge in [-0.1, -0.05) is 0 Å². The maximum Gasteiger partial charge on any atom is 0.175 e. The molecule has 0 aromatic heterocycles. The zero-order valence-electron chi connectivity index (χ0n) is 10.4. The maximum atomic E-state index is 11.9. The van der Waals surface area contributed by atoms with Crippen molar-refractivity contribution in [1.82, 2.24) is 0 Å².